The molecule has 5 rings (SSSR count). The van der Waals surface area contributed by atoms with Gasteiger partial charge in [0.25, 0.3) is 5.91 Å². The van der Waals surface area contributed by atoms with Crippen molar-refractivity contribution in [3.63, 3.8) is 0 Å². The van der Waals surface area contributed by atoms with Crippen LogP contribution in [0.15, 0.2) is 85.1 Å². The maximum Gasteiger partial charge on any atom is 0.255 e. The highest BCUT2D eigenvalue weighted by molar-refractivity contribution is 6.01. The minimum Gasteiger partial charge on any atom is -0.497 e. The van der Waals surface area contributed by atoms with Gasteiger partial charge >= 0.3 is 0 Å². The van der Waals surface area contributed by atoms with E-state index < -0.39 is 0 Å². The van der Waals surface area contributed by atoms with Crippen molar-refractivity contribution >= 4 is 11.6 Å². The van der Waals surface area contributed by atoms with Crippen molar-refractivity contribution in [2.45, 2.75) is 12.7 Å². The molecular weight excluding hydrogens is 388 g/mol. The Morgan fingerprint density at radius 2 is 1.68 bits per heavy atom. The number of nitrogens with one attached hydrogen (secondary N) is 2. The second-order valence-electron chi connectivity index (χ2n) is 7.44. The number of ether oxygens (including phenoxy) is 1. The molecule has 154 valence electrons. The van der Waals surface area contributed by atoms with Gasteiger partial charge in [-0.1, -0.05) is 42.5 Å². The number of para-hydroxylation sites is 1. The number of benzene rings is 3. The van der Waals surface area contributed by atoms with E-state index in [4.69, 9.17) is 9.84 Å². The molecule has 0 aliphatic carbocycles. The Bertz CT molecular complexity index is 1220. The summed E-state index contributed by atoms with van der Waals surface area (Å²) in [7, 11) is 1.65. The van der Waals surface area contributed by atoms with Crippen molar-refractivity contribution in [1.82, 2.24) is 15.1 Å². The van der Waals surface area contributed by atoms with Gasteiger partial charge in [-0.15, -0.1) is 0 Å². The second-order valence-corrected chi connectivity index (χ2v) is 7.44. The van der Waals surface area contributed by atoms with Crippen LogP contribution < -0.4 is 15.4 Å². The molecule has 1 aliphatic heterocycles. The zero-order valence-corrected chi connectivity index (χ0v) is 17.1. The van der Waals surface area contributed by atoms with Gasteiger partial charge in [0.05, 0.1) is 24.9 Å². The van der Waals surface area contributed by atoms with E-state index in [-0.39, 0.29) is 12.1 Å². The summed E-state index contributed by atoms with van der Waals surface area (Å²) >= 11 is 0. The molecule has 0 saturated carbocycles. The maximum atomic E-state index is 12.7. The fourth-order valence-corrected chi connectivity index (χ4v) is 3.84. The van der Waals surface area contributed by atoms with Crippen molar-refractivity contribution in [2.24, 2.45) is 0 Å². The summed E-state index contributed by atoms with van der Waals surface area (Å²) in [5.74, 6) is 0.683. The van der Waals surface area contributed by atoms with Gasteiger partial charge in [-0.25, -0.2) is 0 Å². The SMILES string of the molecule is COc1ccc(-c2nn(Cc3ccccc3)cc2C2NC(=O)c3ccccc3N2)cc1. The largest absolute Gasteiger partial charge is 0.497 e. The van der Waals surface area contributed by atoms with E-state index in [9.17, 15) is 4.79 Å². The van der Waals surface area contributed by atoms with Gasteiger partial charge in [-0.3, -0.25) is 9.48 Å². The Hall–Kier alpha value is -4.06. The topological polar surface area (TPSA) is 68.2 Å². The zero-order chi connectivity index (χ0) is 21.2. The quantitative estimate of drug-likeness (QED) is 0.510. The molecule has 0 saturated heterocycles. The highest BCUT2D eigenvalue weighted by atomic mass is 16.5. The van der Waals surface area contributed by atoms with E-state index in [0.29, 0.717) is 12.1 Å². The maximum absolute atomic E-state index is 12.7. The van der Waals surface area contributed by atoms with Gasteiger partial charge in [0, 0.05) is 23.0 Å². The first-order valence-electron chi connectivity index (χ1n) is 10.1. The molecule has 2 N–H and O–H groups in total. The van der Waals surface area contributed by atoms with Crippen LogP contribution in [-0.2, 0) is 6.54 Å². The molecule has 6 nitrogen and oxygen atoms in total. The third-order valence-electron chi connectivity index (χ3n) is 5.40. The number of anilines is 1. The molecule has 31 heavy (non-hydrogen) atoms. The Balaban J connectivity index is 1.55. The van der Waals surface area contributed by atoms with Crippen molar-refractivity contribution in [3.05, 3.63) is 102 Å². The average molecular weight is 410 g/mol. The van der Waals surface area contributed by atoms with Crippen LogP contribution in [0.5, 0.6) is 5.75 Å². The molecule has 4 aromatic rings. The van der Waals surface area contributed by atoms with Crippen LogP contribution in [0.3, 0.4) is 0 Å². The number of carbonyl (C=O) groups is 1. The number of hydrogen-bond acceptors (Lipinski definition) is 4. The van der Waals surface area contributed by atoms with E-state index in [2.05, 4.69) is 22.8 Å². The van der Waals surface area contributed by atoms with E-state index in [1.807, 2.05) is 77.6 Å². The summed E-state index contributed by atoms with van der Waals surface area (Å²) in [6.07, 6.45) is 1.61. The van der Waals surface area contributed by atoms with Gasteiger partial charge in [0.15, 0.2) is 0 Å². The van der Waals surface area contributed by atoms with Crippen molar-refractivity contribution in [3.8, 4) is 17.0 Å². The Kier molecular flexibility index (Phi) is 4.88. The van der Waals surface area contributed by atoms with Gasteiger partial charge in [-0.05, 0) is 42.0 Å². The van der Waals surface area contributed by atoms with Crippen LogP contribution in [0.4, 0.5) is 5.69 Å². The van der Waals surface area contributed by atoms with Crippen LogP contribution in [0.2, 0.25) is 0 Å². The number of hydrogen-bond donors (Lipinski definition) is 2. The molecule has 1 aromatic heterocycles. The first kappa shape index (κ1) is 18.9. The molecule has 1 amide bonds. The van der Waals surface area contributed by atoms with Crippen LogP contribution in [0.25, 0.3) is 11.3 Å². The van der Waals surface area contributed by atoms with Crippen molar-refractivity contribution in [2.75, 3.05) is 12.4 Å². The second kappa shape index (κ2) is 7.99. The standard InChI is InChI=1S/C25H22N4O2/c1-31-19-13-11-18(12-14-19)23-21(16-29(28-23)15-17-7-3-2-4-8-17)24-26-22-10-6-5-9-20(22)25(30)27-24/h2-14,16,24,26H,15H2,1H3,(H,27,30). The van der Waals surface area contributed by atoms with Gasteiger partial charge in [0.1, 0.15) is 11.9 Å². The first-order chi connectivity index (χ1) is 15.2. The van der Waals surface area contributed by atoms with Gasteiger partial charge in [0.2, 0.25) is 0 Å². The molecule has 3 aromatic carbocycles. The smallest absolute Gasteiger partial charge is 0.255 e. The molecule has 1 unspecified atom stereocenters. The summed E-state index contributed by atoms with van der Waals surface area (Å²) in [5.41, 5.74) is 5.29. The molecule has 0 spiro atoms. The third-order valence-corrected chi connectivity index (χ3v) is 5.40. The minimum absolute atomic E-state index is 0.101. The Labute approximate surface area is 180 Å². The van der Waals surface area contributed by atoms with Gasteiger partial charge in [-0.2, -0.15) is 5.10 Å². The van der Waals surface area contributed by atoms with Crippen LogP contribution in [0.1, 0.15) is 27.7 Å². The number of fused-ring (bicyclic) bond motifs is 1. The van der Waals surface area contributed by atoms with E-state index in [1.54, 1.807) is 7.11 Å². The Morgan fingerprint density at radius 1 is 0.935 bits per heavy atom. The number of aromatic nitrogens is 2. The molecular formula is C25H22N4O2. The number of carbonyl (C=O) groups excluding carboxylic acids is 1. The van der Waals surface area contributed by atoms with Crippen LogP contribution >= 0.6 is 0 Å². The fraction of sp³-hybridized carbons (Fsp3) is 0.120. The van der Waals surface area contributed by atoms with E-state index in [0.717, 1.165) is 33.8 Å². The monoisotopic (exact) mass is 410 g/mol. The average Bonchev–Trinajstić information content (AvgIpc) is 3.23. The predicted molar refractivity (Wildman–Crippen MR) is 120 cm³/mol. The predicted octanol–water partition coefficient (Wildman–Crippen LogP) is 4.46. The number of methoxy groups -OCH3 is 1. The van der Waals surface area contributed by atoms with Crippen molar-refractivity contribution < 1.29 is 9.53 Å². The summed E-state index contributed by atoms with van der Waals surface area (Å²) < 4.78 is 7.21. The Morgan fingerprint density at radius 3 is 2.45 bits per heavy atom. The van der Waals surface area contributed by atoms with Crippen LogP contribution in [0, 0.1) is 0 Å². The van der Waals surface area contributed by atoms with E-state index in [1.165, 1.54) is 0 Å². The fourth-order valence-electron chi connectivity index (χ4n) is 3.84. The normalized spacial score (nSPS) is 15.0. The summed E-state index contributed by atoms with van der Waals surface area (Å²) in [5, 5.41) is 11.4. The number of nitrogens with zero attached hydrogens (tertiary/aromatic N) is 2. The molecule has 0 fully saturated rings. The minimum atomic E-state index is -0.385. The lowest BCUT2D eigenvalue weighted by atomic mass is 10.0. The lowest BCUT2D eigenvalue weighted by Gasteiger charge is -2.27. The molecule has 0 radical (unpaired) electrons. The van der Waals surface area contributed by atoms with Crippen LogP contribution in [-0.4, -0.2) is 22.8 Å². The number of amides is 1. The summed E-state index contributed by atoms with van der Waals surface area (Å²) in [6.45, 7) is 0.640. The highest BCUT2D eigenvalue weighted by Crippen LogP contribution is 2.32. The first-order valence-corrected chi connectivity index (χ1v) is 10.1. The van der Waals surface area contributed by atoms with Crippen molar-refractivity contribution in [1.29, 1.82) is 0 Å². The molecule has 2 heterocycles. The molecule has 1 atom stereocenters. The molecule has 1 aliphatic rings. The number of rotatable bonds is 5. The molecule has 6 heteroatoms. The summed E-state index contributed by atoms with van der Waals surface area (Å²) in [6, 6.07) is 25.5. The van der Waals surface area contributed by atoms with E-state index >= 15 is 0 Å². The highest BCUT2D eigenvalue weighted by Gasteiger charge is 2.28. The lowest BCUT2D eigenvalue weighted by Crippen LogP contribution is -2.38. The molecule has 0 bridgehead atoms. The zero-order valence-electron chi connectivity index (χ0n) is 17.1. The third kappa shape index (κ3) is 3.75. The summed E-state index contributed by atoms with van der Waals surface area (Å²) in [4.78, 5) is 12.7. The van der Waals surface area contributed by atoms with Gasteiger partial charge < -0.3 is 15.4 Å². The lowest BCUT2D eigenvalue weighted by molar-refractivity contribution is 0.0936.